The third-order valence-corrected chi connectivity index (χ3v) is 7.24. The summed E-state index contributed by atoms with van der Waals surface area (Å²) in [7, 11) is 3.88. The number of aromatic nitrogens is 1. The van der Waals surface area contributed by atoms with Gasteiger partial charge in [0, 0.05) is 42.3 Å². The summed E-state index contributed by atoms with van der Waals surface area (Å²) in [4.78, 5) is 35.4. The SMILES string of the molecule is CN(C)CCN(C(=O)c1ccc(N2CCCCC2)c([N+](=O)[O-])c1)c1nc2ccc(Br)cc2s1. The van der Waals surface area contributed by atoms with Gasteiger partial charge in [-0.1, -0.05) is 27.3 Å². The van der Waals surface area contributed by atoms with E-state index in [-0.39, 0.29) is 16.5 Å². The van der Waals surface area contributed by atoms with E-state index < -0.39 is 0 Å². The van der Waals surface area contributed by atoms with Crippen LogP contribution in [0.3, 0.4) is 0 Å². The summed E-state index contributed by atoms with van der Waals surface area (Å²) in [5, 5.41) is 12.5. The van der Waals surface area contributed by atoms with E-state index in [4.69, 9.17) is 0 Å². The number of piperidine rings is 1. The standard InChI is InChI=1S/C23H26BrN5O3S/c1-26(2)12-13-28(23-25-18-8-7-17(24)15-21(18)33-23)22(30)16-6-9-19(20(14-16)29(31)32)27-10-4-3-5-11-27/h6-9,14-15H,3-5,10-13H2,1-2H3. The lowest BCUT2D eigenvalue weighted by Crippen LogP contribution is -2.37. The van der Waals surface area contributed by atoms with Gasteiger partial charge in [-0.3, -0.25) is 19.8 Å². The molecule has 1 aromatic heterocycles. The van der Waals surface area contributed by atoms with Crippen molar-refractivity contribution in [2.24, 2.45) is 0 Å². The zero-order valence-electron chi connectivity index (χ0n) is 18.7. The Kier molecular flexibility index (Phi) is 7.26. The van der Waals surface area contributed by atoms with Crippen LogP contribution in [0.4, 0.5) is 16.5 Å². The molecule has 2 heterocycles. The van der Waals surface area contributed by atoms with Gasteiger partial charge in [-0.25, -0.2) is 4.98 Å². The first-order valence-corrected chi connectivity index (χ1v) is 12.5. The van der Waals surface area contributed by atoms with Crippen molar-refractivity contribution in [3.8, 4) is 0 Å². The van der Waals surface area contributed by atoms with Crippen LogP contribution in [0, 0.1) is 10.1 Å². The molecule has 0 bridgehead atoms. The van der Waals surface area contributed by atoms with E-state index in [0.717, 1.165) is 47.0 Å². The Hall–Kier alpha value is -2.56. The molecule has 1 aliphatic rings. The lowest BCUT2D eigenvalue weighted by Gasteiger charge is -2.28. The van der Waals surface area contributed by atoms with Crippen molar-refractivity contribution in [3.63, 3.8) is 0 Å². The summed E-state index contributed by atoms with van der Waals surface area (Å²) in [5.41, 5.74) is 1.67. The molecule has 0 N–H and O–H groups in total. The van der Waals surface area contributed by atoms with Crippen LogP contribution >= 0.6 is 27.3 Å². The number of benzene rings is 2. The predicted molar refractivity (Wildman–Crippen MR) is 137 cm³/mol. The summed E-state index contributed by atoms with van der Waals surface area (Å²) in [6.45, 7) is 2.66. The minimum Gasteiger partial charge on any atom is -0.366 e. The first kappa shape index (κ1) is 23.6. The van der Waals surface area contributed by atoms with Gasteiger partial charge in [0.2, 0.25) is 0 Å². The minimum absolute atomic E-state index is 0.0245. The molecule has 1 aliphatic heterocycles. The molecule has 0 unspecified atom stereocenters. The van der Waals surface area contributed by atoms with Gasteiger partial charge < -0.3 is 9.80 Å². The maximum Gasteiger partial charge on any atom is 0.293 e. The highest BCUT2D eigenvalue weighted by Gasteiger charge is 2.27. The topological polar surface area (TPSA) is 82.8 Å². The monoisotopic (exact) mass is 531 g/mol. The van der Waals surface area contributed by atoms with Crippen molar-refractivity contribution in [2.45, 2.75) is 19.3 Å². The molecule has 10 heteroatoms. The summed E-state index contributed by atoms with van der Waals surface area (Å²) in [6.07, 6.45) is 3.17. The van der Waals surface area contributed by atoms with Crippen molar-refractivity contribution >= 4 is 59.9 Å². The van der Waals surface area contributed by atoms with E-state index in [1.165, 1.54) is 17.4 Å². The smallest absolute Gasteiger partial charge is 0.293 e. The van der Waals surface area contributed by atoms with Crippen molar-refractivity contribution in [2.75, 3.05) is 50.1 Å². The quantitative estimate of drug-likeness (QED) is 0.309. The molecule has 174 valence electrons. The fourth-order valence-corrected chi connectivity index (χ4v) is 5.49. The summed E-state index contributed by atoms with van der Waals surface area (Å²) >= 11 is 4.91. The van der Waals surface area contributed by atoms with Gasteiger partial charge in [0.25, 0.3) is 11.6 Å². The Labute approximate surface area is 205 Å². The molecule has 1 fully saturated rings. The molecule has 4 rings (SSSR count). The van der Waals surface area contributed by atoms with Crippen LogP contribution in [0.1, 0.15) is 29.6 Å². The number of fused-ring (bicyclic) bond motifs is 1. The number of amides is 1. The number of halogens is 1. The number of rotatable bonds is 7. The average Bonchev–Trinajstić information content (AvgIpc) is 3.21. The van der Waals surface area contributed by atoms with Gasteiger partial charge in [0.15, 0.2) is 5.13 Å². The van der Waals surface area contributed by atoms with Crippen LogP contribution in [0.25, 0.3) is 10.2 Å². The molecule has 0 radical (unpaired) electrons. The molecule has 2 aromatic carbocycles. The fourth-order valence-electron chi connectivity index (χ4n) is 3.95. The number of hydrogen-bond acceptors (Lipinski definition) is 7. The Bertz CT molecular complexity index is 1180. The molecule has 0 saturated carbocycles. The van der Waals surface area contributed by atoms with E-state index in [2.05, 4.69) is 20.9 Å². The zero-order valence-corrected chi connectivity index (χ0v) is 21.1. The molecule has 0 aliphatic carbocycles. The van der Waals surface area contributed by atoms with Crippen molar-refractivity contribution in [1.29, 1.82) is 0 Å². The molecule has 3 aromatic rings. The highest BCUT2D eigenvalue weighted by Crippen LogP contribution is 2.34. The first-order chi connectivity index (χ1) is 15.8. The molecule has 1 saturated heterocycles. The number of nitro benzene ring substituents is 1. The Balaban J connectivity index is 1.70. The van der Waals surface area contributed by atoms with E-state index >= 15 is 0 Å². The molecular formula is C23H26BrN5O3S. The van der Waals surface area contributed by atoms with Crippen LogP contribution in [0.5, 0.6) is 0 Å². The van der Waals surface area contributed by atoms with Gasteiger partial charge in [0.05, 0.1) is 15.1 Å². The van der Waals surface area contributed by atoms with E-state index in [9.17, 15) is 14.9 Å². The van der Waals surface area contributed by atoms with Gasteiger partial charge >= 0.3 is 0 Å². The van der Waals surface area contributed by atoms with Crippen molar-refractivity contribution < 1.29 is 9.72 Å². The number of carbonyl (C=O) groups is 1. The van der Waals surface area contributed by atoms with E-state index in [1.54, 1.807) is 17.0 Å². The number of nitro groups is 1. The maximum atomic E-state index is 13.6. The van der Waals surface area contributed by atoms with Crippen LogP contribution in [-0.4, -0.2) is 61.0 Å². The summed E-state index contributed by atoms with van der Waals surface area (Å²) in [6, 6.07) is 10.6. The molecule has 0 spiro atoms. The van der Waals surface area contributed by atoms with Gasteiger partial charge in [-0.15, -0.1) is 0 Å². The molecule has 0 atom stereocenters. The number of anilines is 2. The zero-order chi connectivity index (χ0) is 23.5. The molecule has 8 nitrogen and oxygen atoms in total. The lowest BCUT2D eigenvalue weighted by atomic mass is 10.1. The number of likely N-dealkylation sites (N-methyl/N-ethyl adjacent to an activating group) is 1. The highest BCUT2D eigenvalue weighted by atomic mass is 79.9. The number of nitrogens with zero attached hydrogens (tertiary/aromatic N) is 5. The van der Waals surface area contributed by atoms with E-state index in [1.807, 2.05) is 42.1 Å². The van der Waals surface area contributed by atoms with Gasteiger partial charge in [-0.2, -0.15) is 0 Å². The Morgan fingerprint density at radius 2 is 1.91 bits per heavy atom. The third kappa shape index (κ3) is 5.34. The molecule has 33 heavy (non-hydrogen) atoms. The normalized spacial score (nSPS) is 14.1. The van der Waals surface area contributed by atoms with Gasteiger partial charge in [0.1, 0.15) is 5.69 Å². The molecular weight excluding hydrogens is 506 g/mol. The first-order valence-electron chi connectivity index (χ1n) is 10.9. The second-order valence-electron chi connectivity index (χ2n) is 8.38. The Morgan fingerprint density at radius 1 is 1.15 bits per heavy atom. The highest BCUT2D eigenvalue weighted by molar-refractivity contribution is 9.10. The fraction of sp³-hybridized carbons (Fsp3) is 0.391. The largest absolute Gasteiger partial charge is 0.366 e. The summed E-state index contributed by atoms with van der Waals surface area (Å²) in [5.74, 6) is -0.289. The Morgan fingerprint density at radius 3 is 2.61 bits per heavy atom. The second kappa shape index (κ2) is 10.1. The van der Waals surface area contributed by atoms with Crippen LogP contribution < -0.4 is 9.80 Å². The minimum atomic E-state index is -0.389. The predicted octanol–water partition coefficient (Wildman–Crippen LogP) is 5.17. The lowest BCUT2D eigenvalue weighted by molar-refractivity contribution is -0.384. The van der Waals surface area contributed by atoms with Crippen molar-refractivity contribution in [3.05, 3.63) is 56.5 Å². The van der Waals surface area contributed by atoms with E-state index in [0.29, 0.717) is 29.5 Å². The second-order valence-corrected chi connectivity index (χ2v) is 10.3. The third-order valence-electron chi connectivity index (χ3n) is 5.70. The molecule has 1 amide bonds. The number of hydrogen-bond donors (Lipinski definition) is 0. The number of thiazole rings is 1. The van der Waals surface area contributed by atoms with Crippen LogP contribution in [0.2, 0.25) is 0 Å². The average molecular weight is 532 g/mol. The summed E-state index contributed by atoms with van der Waals surface area (Å²) < 4.78 is 1.91. The number of carbonyl (C=O) groups excluding carboxylic acids is 1. The maximum absolute atomic E-state index is 13.6. The van der Waals surface area contributed by atoms with Crippen LogP contribution in [-0.2, 0) is 0 Å². The van der Waals surface area contributed by atoms with Gasteiger partial charge in [-0.05, 0) is 63.7 Å². The van der Waals surface area contributed by atoms with Crippen LogP contribution in [0.15, 0.2) is 40.9 Å². The van der Waals surface area contributed by atoms with Crippen molar-refractivity contribution in [1.82, 2.24) is 9.88 Å².